The van der Waals surface area contributed by atoms with Crippen LogP contribution < -0.4 is 5.84 Å². The summed E-state index contributed by atoms with van der Waals surface area (Å²) in [5.74, 6) is 11.1. The van der Waals surface area contributed by atoms with Crippen molar-refractivity contribution in [3.8, 4) is 0 Å². The van der Waals surface area contributed by atoms with Gasteiger partial charge in [-0.1, -0.05) is 39.8 Å². The van der Waals surface area contributed by atoms with Crippen molar-refractivity contribution in [3.63, 3.8) is 0 Å². The molecule has 4 fully saturated rings. The second-order valence-corrected chi connectivity index (χ2v) is 10.1. The molecule has 2 aromatic rings. The van der Waals surface area contributed by atoms with Crippen LogP contribution in [0.2, 0.25) is 0 Å². The smallest absolute Gasteiger partial charge is 0.210 e. The molecule has 4 bridgehead atoms. The molecule has 0 atom stereocenters. The third kappa shape index (κ3) is 2.81. The first-order chi connectivity index (χ1) is 12.1. The van der Waals surface area contributed by atoms with Crippen LogP contribution in [0.25, 0.3) is 0 Å². The lowest BCUT2D eigenvalue weighted by molar-refractivity contribution is -0.0106. The summed E-state index contributed by atoms with van der Waals surface area (Å²) >= 11 is 5.16. The molecule has 0 unspecified atom stereocenters. The van der Waals surface area contributed by atoms with Gasteiger partial charge in [0.1, 0.15) is 0 Å². The van der Waals surface area contributed by atoms with E-state index in [1.54, 1.807) is 16.4 Å². The minimum atomic E-state index is 0.201. The van der Waals surface area contributed by atoms with Crippen molar-refractivity contribution in [1.29, 1.82) is 0 Å². The second kappa shape index (κ2) is 6.02. The van der Waals surface area contributed by atoms with Crippen LogP contribution in [-0.4, -0.2) is 14.9 Å². The van der Waals surface area contributed by atoms with E-state index in [4.69, 9.17) is 5.84 Å². The molecule has 1 heterocycles. The Hall–Kier alpha value is -1.01. The maximum Gasteiger partial charge on any atom is 0.210 e. The molecular weight excluding hydrogens is 396 g/mol. The molecule has 4 aliphatic rings. The number of hydrogen-bond donors (Lipinski definition) is 1. The predicted molar refractivity (Wildman–Crippen MR) is 104 cm³/mol. The van der Waals surface area contributed by atoms with Crippen LogP contribution in [0.1, 0.15) is 49.9 Å². The third-order valence-corrected chi connectivity index (χ3v) is 8.00. The van der Waals surface area contributed by atoms with Crippen molar-refractivity contribution in [2.45, 2.75) is 54.8 Å². The molecule has 2 N–H and O–H groups in total. The number of rotatable bonds is 4. The molecule has 0 saturated heterocycles. The van der Waals surface area contributed by atoms with Gasteiger partial charge in [0.05, 0.1) is 0 Å². The fraction of sp³-hybridized carbons (Fsp3) is 0.579. The van der Waals surface area contributed by atoms with Crippen LogP contribution in [0.3, 0.4) is 0 Å². The lowest BCUT2D eigenvalue weighted by Crippen LogP contribution is -2.50. The van der Waals surface area contributed by atoms with E-state index in [0.717, 1.165) is 39.0 Å². The molecule has 4 saturated carbocycles. The van der Waals surface area contributed by atoms with Crippen LogP contribution in [0.4, 0.5) is 0 Å². The van der Waals surface area contributed by atoms with Gasteiger partial charge in [0.15, 0.2) is 5.82 Å². The molecule has 1 aromatic heterocycles. The predicted octanol–water partition coefficient (Wildman–Crippen LogP) is 4.51. The zero-order chi connectivity index (χ0) is 17.0. The first kappa shape index (κ1) is 16.2. The number of hydrogen-bond acceptors (Lipinski definition) is 4. The Labute approximate surface area is 161 Å². The van der Waals surface area contributed by atoms with E-state index in [1.807, 2.05) is 0 Å². The van der Waals surface area contributed by atoms with Gasteiger partial charge < -0.3 is 5.84 Å². The Bertz CT molecular complexity index is 750. The number of nitrogen functional groups attached to an aromatic ring is 1. The Balaban J connectivity index is 1.37. The molecule has 6 rings (SSSR count). The lowest BCUT2D eigenvalue weighted by Gasteiger charge is -2.55. The van der Waals surface area contributed by atoms with Crippen molar-refractivity contribution in [2.24, 2.45) is 17.8 Å². The molecule has 0 amide bonds. The summed E-state index contributed by atoms with van der Waals surface area (Å²) in [5.41, 5.74) is 1.47. The summed E-state index contributed by atoms with van der Waals surface area (Å²) in [7, 11) is 0. The van der Waals surface area contributed by atoms with Crippen LogP contribution in [-0.2, 0) is 11.2 Å². The highest BCUT2D eigenvalue weighted by Gasteiger charge is 2.54. The van der Waals surface area contributed by atoms with E-state index < -0.39 is 0 Å². The van der Waals surface area contributed by atoms with Gasteiger partial charge in [-0.3, -0.25) is 0 Å². The fourth-order valence-corrected chi connectivity index (χ4v) is 6.93. The summed E-state index contributed by atoms with van der Waals surface area (Å²) in [6.45, 7) is 0. The van der Waals surface area contributed by atoms with Gasteiger partial charge in [0.25, 0.3) is 0 Å². The van der Waals surface area contributed by atoms with Crippen LogP contribution in [0.5, 0.6) is 0 Å². The molecule has 0 spiro atoms. The van der Waals surface area contributed by atoms with Gasteiger partial charge in [-0.2, -0.15) is 0 Å². The van der Waals surface area contributed by atoms with Gasteiger partial charge in [-0.15, -0.1) is 10.2 Å². The van der Waals surface area contributed by atoms with E-state index in [2.05, 4.69) is 50.4 Å². The summed E-state index contributed by atoms with van der Waals surface area (Å²) in [6.07, 6.45) is 8.11. The molecule has 25 heavy (non-hydrogen) atoms. The molecular formula is C19H23BrN4S. The lowest BCUT2D eigenvalue weighted by atomic mass is 9.49. The molecule has 0 radical (unpaired) electrons. The minimum Gasteiger partial charge on any atom is -0.336 e. The Morgan fingerprint density at radius 1 is 1.04 bits per heavy atom. The van der Waals surface area contributed by atoms with Crippen LogP contribution >= 0.6 is 27.7 Å². The quantitative estimate of drug-likeness (QED) is 0.585. The van der Waals surface area contributed by atoms with E-state index in [-0.39, 0.29) is 5.41 Å². The van der Waals surface area contributed by atoms with Crippen molar-refractivity contribution < 1.29 is 0 Å². The molecule has 0 aliphatic heterocycles. The zero-order valence-corrected chi connectivity index (χ0v) is 16.6. The number of thioether (sulfide) groups is 1. The van der Waals surface area contributed by atoms with Gasteiger partial charge >= 0.3 is 0 Å². The highest BCUT2D eigenvalue weighted by molar-refractivity contribution is 9.10. The Morgan fingerprint density at radius 3 is 2.24 bits per heavy atom. The van der Waals surface area contributed by atoms with Gasteiger partial charge in [0.2, 0.25) is 5.16 Å². The number of aromatic nitrogens is 3. The maximum absolute atomic E-state index is 6.48. The number of nitrogens with zero attached hydrogens (tertiary/aromatic N) is 3. The van der Waals surface area contributed by atoms with Crippen molar-refractivity contribution >= 4 is 27.7 Å². The molecule has 4 aliphatic carbocycles. The number of nitrogens with two attached hydrogens (primary N) is 1. The highest BCUT2D eigenvalue weighted by atomic mass is 79.9. The van der Waals surface area contributed by atoms with E-state index >= 15 is 0 Å². The van der Waals surface area contributed by atoms with Crippen molar-refractivity contribution in [1.82, 2.24) is 14.9 Å². The maximum atomic E-state index is 6.48. The normalized spacial score (nSPS) is 33.1. The van der Waals surface area contributed by atoms with Crippen LogP contribution in [0, 0.1) is 17.8 Å². The average Bonchev–Trinajstić information content (AvgIpc) is 2.95. The average molecular weight is 419 g/mol. The summed E-state index contributed by atoms with van der Waals surface area (Å²) in [6, 6.07) is 8.41. The van der Waals surface area contributed by atoms with Gasteiger partial charge in [-0.25, -0.2) is 4.68 Å². The van der Waals surface area contributed by atoms with Gasteiger partial charge in [0, 0.05) is 15.6 Å². The van der Waals surface area contributed by atoms with E-state index in [0.29, 0.717) is 0 Å². The monoisotopic (exact) mass is 418 g/mol. The Morgan fingerprint density at radius 2 is 1.64 bits per heavy atom. The first-order valence-corrected chi connectivity index (χ1v) is 11.0. The number of benzene rings is 1. The summed E-state index contributed by atoms with van der Waals surface area (Å²) < 4.78 is 2.91. The van der Waals surface area contributed by atoms with Crippen LogP contribution in [0.15, 0.2) is 33.9 Å². The third-order valence-electron chi connectivity index (χ3n) is 6.46. The van der Waals surface area contributed by atoms with Crippen molar-refractivity contribution in [2.75, 3.05) is 5.84 Å². The summed E-state index contributed by atoms with van der Waals surface area (Å²) in [4.78, 5) is 0. The topological polar surface area (TPSA) is 56.7 Å². The van der Waals surface area contributed by atoms with E-state index in [1.165, 1.54) is 44.1 Å². The first-order valence-electron chi connectivity index (χ1n) is 9.19. The molecule has 6 heteroatoms. The fourth-order valence-electron chi connectivity index (χ4n) is 5.85. The Kier molecular flexibility index (Phi) is 3.89. The number of halogens is 1. The zero-order valence-electron chi connectivity index (χ0n) is 14.2. The largest absolute Gasteiger partial charge is 0.336 e. The molecule has 4 nitrogen and oxygen atoms in total. The minimum absolute atomic E-state index is 0.201. The standard InChI is InChI=1S/C19H23BrN4S/c20-16-3-1-12(2-4-16)11-25-18-23-22-17(24(18)21)19-8-13-5-14(9-19)7-15(6-13)10-19/h1-4,13-15H,5-11,21H2. The highest BCUT2D eigenvalue weighted by Crippen LogP contribution is 2.60. The van der Waals surface area contributed by atoms with Gasteiger partial charge in [-0.05, 0) is 74.0 Å². The SMILES string of the molecule is Nn1c(SCc2ccc(Br)cc2)nnc1C12CC3CC(CC(C3)C1)C2. The molecule has 1 aromatic carbocycles. The van der Waals surface area contributed by atoms with Crippen molar-refractivity contribution in [3.05, 3.63) is 40.1 Å². The second-order valence-electron chi connectivity index (χ2n) is 8.29. The molecule has 132 valence electrons. The summed E-state index contributed by atoms with van der Waals surface area (Å²) in [5, 5.41) is 9.88. The van der Waals surface area contributed by atoms with E-state index in [9.17, 15) is 0 Å².